The number of hydrogen-bond acceptors (Lipinski definition) is 2. The summed E-state index contributed by atoms with van der Waals surface area (Å²) >= 11 is 6.15. The Morgan fingerprint density at radius 1 is 1.00 bits per heavy atom. The first kappa shape index (κ1) is 14.5. The van der Waals surface area contributed by atoms with Crippen LogP contribution in [0.2, 0.25) is 5.02 Å². The minimum Gasteiger partial charge on any atom is -0.495 e. The van der Waals surface area contributed by atoms with Crippen molar-refractivity contribution in [3.05, 3.63) is 47.5 Å². The number of ether oxygens (including phenoxy) is 2. The molecule has 2 aromatic rings. The molecule has 2 aromatic carbocycles. The molecular formula is C14H10ClF3O2. The second-order valence-electron chi connectivity index (χ2n) is 3.89. The van der Waals surface area contributed by atoms with Crippen LogP contribution in [0.1, 0.15) is 0 Å². The topological polar surface area (TPSA) is 18.5 Å². The summed E-state index contributed by atoms with van der Waals surface area (Å²) in [6.07, 6.45) is -4.70. The molecule has 0 amide bonds. The van der Waals surface area contributed by atoms with E-state index in [1.165, 1.54) is 31.4 Å². The van der Waals surface area contributed by atoms with E-state index in [2.05, 4.69) is 4.74 Å². The lowest BCUT2D eigenvalue weighted by Crippen LogP contribution is -2.16. The summed E-state index contributed by atoms with van der Waals surface area (Å²) in [6, 6.07) is 10.7. The van der Waals surface area contributed by atoms with Gasteiger partial charge in [0, 0.05) is 5.56 Å². The summed E-state index contributed by atoms with van der Waals surface area (Å²) in [6.45, 7) is 0. The summed E-state index contributed by atoms with van der Waals surface area (Å²) in [5.41, 5.74) is 1.34. The van der Waals surface area contributed by atoms with E-state index in [9.17, 15) is 13.2 Å². The van der Waals surface area contributed by atoms with Crippen molar-refractivity contribution >= 4 is 11.6 Å². The van der Waals surface area contributed by atoms with Crippen LogP contribution in [0.5, 0.6) is 11.5 Å². The van der Waals surface area contributed by atoms with Crippen LogP contribution in [0.3, 0.4) is 0 Å². The maximum atomic E-state index is 12.1. The molecule has 0 unspecified atom stereocenters. The van der Waals surface area contributed by atoms with Gasteiger partial charge in [0.15, 0.2) is 0 Å². The lowest BCUT2D eigenvalue weighted by atomic mass is 10.1. The number of methoxy groups -OCH3 is 1. The lowest BCUT2D eigenvalue weighted by Gasteiger charge is -2.11. The second kappa shape index (κ2) is 5.63. The molecule has 106 valence electrons. The molecule has 0 spiro atoms. The van der Waals surface area contributed by atoms with E-state index in [1.807, 2.05) is 0 Å². The molecule has 0 aliphatic heterocycles. The van der Waals surface area contributed by atoms with E-state index in [1.54, 1.807) is 18.2 Å². The van der Waals surface area contributed by atoms with E-state index in [0.29, 0.717) is 21.9 Å². The van der Waals surface area contributed by atoms with Gasteiger partial charge >= 0.3 is 6.36 Å². The molecule has 0 bridgehead atoms. The Morgan fingerprint density at radius 2 is 1.65 bits per heavy atom. The van der Waals surface area contributed by atoms with Crippen molar-refractivity contribution in [3.8, 4) is 22.6 Å². The third-order valence-corrected chi connectivity index (χ3v) is 2.97. The van der Waals surface area contributed by atoms with Crippen LogP contribution < -0.4 is 9.47 Å². The van der Waals surface area contributed by atoms with Crippen LogP contribution in [0.15, 0.2) is 42.5 Å². The van der Waals surface area contributed by atoms with Crippen LogP contribution in [0.4, 0.5) is 13.2 Å². The standard InChI is InChI=1S/C14H10ClF3O2/c1-19-12-4-2-3-11(13(12)15)9-5-7-10(8-6-9)20-14(16,17)18/h2-8H,1H3. The molecule has 0 radical (unpaired) electrons. The van der Waals surface area contributed by atoms with Gasteiger partial charge in [-0.1, -0.05) is 35.9 Å². The molecule has 2 nitrogen and oxygen atoms in total. The summed E-state index contributed by atoms with van der Waals surface area (Å²) in [7, 11) is 1.49. The van der Waals surface area contributed by atoms with E-state index >= 15 is 0 Å². The number of halogens is 4. The molecule has 2 rings (SSSR count). The number of hydrogen-bond donors (Lipinski definition) is 0. The summed E-state index contributed by atoms with van der Waals surface area (Å²) < 4.78 is 45.1. The second-order valence-corrected chi connectivity index (χ2v) is 4.27. The minimum atomic E-state index is -4.70. The zero-order chi connectivity index (χ0) is 14.8. The molecule has 0 saturated carbocycles. The molecule has 20 heavy (non-hydrogen) atoms. The van der Waals surface area contributed by atoms with Crippen molar-refractivity contribution < 1.29 is 22.6 Å². The molecule has 0 N–H and O–H groups in total. The van der Waals surface area contributed by atoms with Crippen molar-refractivity contribution in [2.75, 3.05) is 7.11 Å². The molecule has 0 saturated heterocycles. The molecular weight excluding hydrogens is 293 g/mol. The van der Waals surface area contributed by atoms with Crippen molar-refractivity contribution in [1.29, 1.82) is 0 Å². The predicted octanol–water partition coefficient (Wildman–Crippen LogP) is 4.91. The van der Waals surface area contributed by atoms with E-state index in [4.69, 9.17) is 16.3 Å². The van der Waals surface area contributed by atoms with Gasteiger partial charge in [0.25, 0.3) is 0 Å². The Labute approximate surface area is 118 Å². The van der Waals surface area contributed by atoms with Gasteiger partial charge in [0.1, 0.15) is 11.5 Å². The number of benzene rings is 2. The fourth-order valence-electron chi connectivity index (χ4n) is 1.73. The van der Waals surface area contributed by atoms with E-state index < -0.39 is 6.36 Å². The van der Waals surface area contributed by atoms with Gasteiger partial charge in [-0.05, 0) is 23.8 Å². The Balaban J connectivity index is 2.31. The van der Waals surface area contributed by atoms with Gasteiger partial charge in [-0.3, -0.25) is 0 Å². The fraction of sp³-hybridized carbons (Fsp3) is 0.143. The van der Waals surface area contributed by atoms with Gasteiger partial charge in [-0.25, -0.2) is 0 Å². The van der Waals surface area contributed by atoms with E-state index in [0.717, 1.165) is 0 Å². The fourth-order valence-corrected chi connectivity index (χ4v) is 2.04. The zero-order valence-electron chi connectivity index (χ0n) is 10.4. The third-order valence-electron chi connectivity index (χ3n) is 2.58. The average molecular weight is 303 g/mol. The van der Waals surface area contributed by atoms with Crippen LogP contribution in [0.25, 0.3) is 11.1 Å². The molecule has 0 atom stereocenters. The van der Waals surface area contributed by atoms with Gasteiger partial charge < -0.3 is 9.47 Å². The molecule has 0 aromatic heterocycles. The normalized spacial score (nSPS) is 11.2. The number of alkyl halides is 3. The third kappa shape index (κ3) is 3.36. The van der Waals surface area contributed by atoms with Crippen molar-refractivity contribution in [2.24, 2.45) is 0 Å². The summed E-state index contributed by atoms with van der Waals surface area (Å²) in [5, 5.41) is 0.402. The van der Waals surface area contributed by atoms with Crippen LogP contribution in [0, 0.1) is 0 Å². The first-order valence-corrected chi connectivity index (χ1v) is 5.97. The maximum absolute atomic E-state index is 12.1. The summed E-state index contributed by atoms with van der Waals surface area (Å²) in [4.78, 5) is 0. The van der Waals surface area contributed by atoms with Crippen molar-refractivity contribution in [1.82, 2.24) is 0 Å². The highest BCUT2D eigenvalue weighted by atomic mass is 35.5. The molecule has 6 heteroatoms. The zero-order valence-corrected chi connectivity index (χ0v) is 11.1. The van der Waals surface area contributed by atoms with Crippen molar-refractivity contribution in [3.63, 3.8) is 0 Å². The Bertz CT molecular complexity index is 594. The Hall–Kier alpha value is -1.88. The predicted molar refractivity (Wildman–Crippen MR) is 70.1 cm³/mol. The smallest absolute Gasteiger partial charge is 0.495 e. The molecule has 0 heterocycles. The Morgan fingerprint density at radius 3 is 2.20 bits per heavy atom. The maximum Gasteiger partial charge on any atom is 0.573 e. The highest BCUT2D eigenvalue weighted by Crippen LogP contribution is 2.36. The highest BCUT2D eigenvalue weighted by molar-refractivity contribution is 6.34. The number of rotatable bonds is 3. The minimum absolute atomic E-state index is 0.278. The summed E-state index contributed by atoms with van der Waals surface area (Å²) in [5.74, 6) is 0.222. The van der Waals surface area contributed by atoms with Gasteiger partial charge in [-0.15, -0.1) is 13.2 Å². The monoisotopic (exact) mass is 302 g/mol. The molecule has 0 fully saturated rings. The average Bonchev–Trinajstić information content (AvgIpc) is 2.38. The Kier molecular flexibility index (Phi) is 4.09. The van der Waals surface area contributed by atoms with Crippen LogP contribution in [-0.4, -0.2) is 13.5 Å². The van der Waals surface area contributed by atoms with Gasteiger partial charge in [-0.2, -0.15) is 0 Å². The largest absolute Gasteiger partial charge is 0.573 e. The quantitative estimate of drug-likeness (QED) is 0.801. The van der Waals surface area contributed by atoms with Crippen molar-refractivity contribution in [2.45, 2.75) is 6.36 Å². The SMILES string of the molecule is COc1cccc(-c2ccc(OC(F)(F)F)cc2)c1Cl. The van der Waals surface area contributed by atoms with E-state index in [-0.39, 0.29) is 5.75 Å². The first-order valence-electron chi connectivity index (χ1n) is 5.59. The van der Waals surface area contributed by atoms with Crippen LogP contribution in [-0.2, 0) is 0 Å². The van der Waals surface area contributed by atoms with Gasteiger partial charge in [0.05, 0.1) is 12.1 Å². The molecule has 0 aliphatic carbocycles. The first-order chi connectivity index (χ1) is 9.40. The highest BCUT2D eigenvalue weighted by Gasteiger charge is 2.30. The van der Waals surface area contributed by atoms with Crippen LogP contribution >= 0.6 is 11.6 Å². The lowest BCUT2D eigenvalue weighted by molar-refractivity contribution is -0.274. The molecule has 0 aliphatic rings. The van der Waals surface area contributed by atoms with Gasteiger partial charge in [0.2, 0.25) is 0 Å².